The predicted octanol–water partition coefficient (Wildman–Crippen LogP) is 2.74. The van der Waals surface area contributed by atoms with Crippen LogP contribution >= 0.6 is 11.6 Å². The number of hydrogen-bond donors (Lipinski definition) is 1. The smallest absolute Gasteiger partial charge is 0.302 e. The van der Waals surface area contributed by atoms with Gasteiger partial charge in [-0.25, -0.2) is 4.31 Å². The van der Waals surface area contributed by atoms with Crippen molar-refractivity contribution >= 4 is 27.5 Å². The molecule has 1 saturated heterocycles. The summed E-state index contributed by atoms with van der Waals surface area (Å²) < 4.78 is 33.8. The summed E-state index contributed by atoms with van der Waals surface area (Å²) in [6.07, 6.45) is 0. The quantitative estimate of drug-likeness (QED) is 0.936. The molecule has 7 heteroatoms. The van der Waals surface area contributed by atoms with Crippen LogP contribution in [0, 0.1) is 0 Å². The molecule has 116 valence electrons. The molecule has 0 amide bonds. The molecule has 1 atom stereocenters. The van der Waals surface area contributed by atoms with E-state index in [4.69, 9.17) is 16.3 Å². The highest BCUT2D eigenvalue weighted by Crippen LogP contribution is 2.35. The van der Waals surface area contributed by atoms with Gasteiger partial charge in [-0.3, -0.25) is 0 Å². The number of hydrogen-bond acceptors (Lipinski definition) is 3. The highest BCUT2D eigenvalue weighted by Gasteiger charge is 2.38. The predicted molar refractivity (Wildman–Crippen MR) is 86.6 cm³/mol. The topological polar surface area (TPSA) is 58.6 Å². The lowest BCUT2D eigenvalue weighted by Gasteiger charge is -2.24. The van der Waals surface area contributed by atoms with Crippen molar-refractivity contribution < 1.29 is 13.2 Å². The van der Waals surface area contributed by atoms with Gasteiger partial charge in [-0.1, -0.05) is 23.7 Å². The zero-order valence-corrected chi connectivity index (χ0v) is 13.4. The van der Waals surface area contributed by atoms with Gasteiger partial charge >= 0.3 is 10.2 Å². The fraction of sp³-hybridized carbons (Fsp3) is 0.200. The molecule has 1 heterocycles. The average molecular weight is 339 g/mol. The van der Waals surface area contributed by atoms with E-state index in [-0.39, 0.29) is 6.04 Å². The van der Waals surface area contributed by atoms with E-state index < -0.39 is 10.2 Å². The summed E-state index contributed by atoms with van der Waals surface area (Å²) in [6.45, 7) is 0.304. The van der Waals surface area contributed by atoms with E-state index in [1.54, 1.807) is 31.4 Å². The Morgan fingerprint density at radius 1 is 1.23 bits per heavy atom. The molecule has 0 aliphatic carbocycles. The van der Waals surface area contributed by atoms with Gasteiger partial charge in [0.25, 0.3) is 0 Å². The summed E-state index contributed by atoms with van der Waals surface area (Å²) in [7, 11) is -1.99. The molecular formula is C15H15ClN2O3S. The number of nitrogens with zero attached hydrogens (tertiary/aromatic N) is 1. The zero-order valence-electron chi connectivity index (χ0n) is 11.9. The third kappa shape index (κ3) is 2.77. The first-order valence-corrected chi connectivity index (χ1v) is 8.51. The van der Waals surface area contributed by atoms with Gasteiger partial charge in [0.1, 0.15) is 5.75 Å². The first-order valence-electron chi connectivity index (χ1n) is 6.70. The lowest BCUT2D eigenvalue weighted by atomic mass is 10.1. The van der Waals surface area contributed by atoms with Crippen LogP contribution in [0.1, 0.15) is 11.6 Å². The zero-order chi connectivity index (χ0) is 15.7. The van der Waals surface area contributed by atoms with Crippen molar-refractivity contribution in [3.05, 3.63) is 59.1 Å². The second-order valence-electron chi connectivity index (χ2n) is 4.92. The van der Waals surface area contributed by atoms with Crippen molar-refractivity contribution in [3.8, 4) is 5.75 Å². The Labute approximate surface area is 134 Å². The molecule has 3 rings (SSSR count). The monoisotopic (exact) mass is 338 g/mol. The largest absolute Gasteiger partial charge is 0.497 e. The van der Waals surface area contributed by atoms with Crippen LogP contribution in [0.15, 0.2) is 48.5 Å². The number of nitrogens with one attached hydrogen (secondary N) is 1. The van der Waals surface area contributed by atoms with E-state index in [1.165, 1.54) is 4.31 Å². The van der Waals surface area contributed by atoms with Gasteiger partial charge in [0.15, 0.2) is 0 Å². The van der Waals surface area contributed by atoms with Crippen molar-refractivity contribution in [3.63, 3.8) is 0 Å². The second-order valence-corrected chi connectivity index (χ2v) is 6.99. The summed E-state index contributed by atoms with van der Waals surface area (Å²) in [5, 5.41) is 0.561. The molecule has 1 aliphatic heterocycles. The van der Waals surface area contributed by atoms with E-state index in [0.29, 0.717) is 23.0 Å². The first kappa shape index (κ1) is 15.1. The van der Waals surface area contributed by atoms with Crippen LogP contribution in [-0.2, 0) is 10.2 Å². The number of ether oxygens (including phenoxy) is 1. The molecule has 5 nitrogen and oxygen atoms in total. The van der Waals surface area contributed by atoms with Gasteiger partial charge in [0.2, 0.25) is 0 Å². The third-order valence-electron chi connectivity index (χ3n) is 3.56. The summed E-state index contributed by atoms with van der Waals surface area (Å²) in [5.74, 6) is 0.692. The number of benzene rings is 2. The maximum absolute atomic E-state index is 12.3. The SMILES string of the molecule is COc1cccc([C@H]2CNS(=O)(=O)N2c2ccc(Cl)cc2)c1. The van der Waals surface area contributed by atoms with E-state index in [0.717, 1.165) is 5.56 Å². The fourth-order valence-electron chi connectivity index (χ4n) is 2.51. The number of rotatable bonds is 3. The number of anilines is 1. The minimum absolute atomic E-state index is 0.304. The molecule has 22 heavy (non-hydrogen) atoms. The van der Waals surface area contributed by atoms with Gasteiger partial charge in [-0.2, -0.15) is 13.1 Å². The normalized spacial score (nSPS) is 20.1. The lowest BCUT2D eigenvalue weighted by Crippen LogP contribution is -2.30. The number of halogens is 1. The highest BCUT2D eigenvalue weighted by molar-refractivity contribution is 7.91. The van der Waals surface area contributed by atoms with Gasteiger partial charge < -0.3 is 4.74 Å². The molecule has 0 aromatic heterocycles. The first-order chi connectivity index (χ1) is 10.5. The van der Waals surface area contributed by atoms with E-state index in [1.807, 2.05) is 24.3 Å². The Hall–Kier alpha value is -1.76. The van der Waals surface area contributed by atoms with Crippen molar-refractivity contribution in [1.29, 1.82) is 0 Å². The van der Waals surface area contributed by atoms with Crippen LogP contribution in [0.5, 0.6) is 5.75 Å². The third-order valence-corrected chi connectivity index (χ3v) is 5.33. The van der Waals surface area contributed by atoms with Crippen LogP contribution in [-0.4, -0.2) is 22.1 Å². The molecule has 1 fully saturated rings. The van der Waals surface area contributed by atoms with Crippen LogP contribution < -0.4 is 13.8 Å². The molecule has 2 aromatic rings. The van der Waals surface area contributed by atoms with Crippen molar-refractivity contribution in [2.24, 2.45) is 0 Å². The Morgan fingerprint density at radius 3 is 2.64 bits per heavy atom. The minimum Gasteiger partial charge on any atom is -0.497 e. The van der Waals surface area contributed by atoms with Gasteiger partial charge in [0.05, 0.1) is 18.8 Å². The van der Waals surface area contributed by atoms with Gasteiger partial charge in [0, 0.05) is 11.6 Å². The van der Waals surface area contributed by atoms with Crippen molar-refractivity contribution in [2.75, 3.05) is 18.0 Å². The minimum atomic E-state index is -3.57. The second kappa shape index (κ2) is 5.79. The highest BCUT2D eigenvalue weighted by atomic mass is 35.5. The summed E-state index contributed by atoms with van der Waals surface area (Å²) in [4.78, 5) is 0. The summed E-state index contributed by atoms with van der Waals surface area (Å²) in [6, 6.07) is 13.8. The molecule has 0 spiro atoms. The van der Waals surface area contributed by atoms with Crippen LogP contribution in [0.25, 0.3) is 0 Å². The standard InChI is InChI=1S/C15H15ClN2O3S/c1-21-14-4-2-3-11(9-14)15-10-17-22(19,20)18(15)13-7-5-12(16)6-8-13/h2-9,15,17H,10H2,1H3/t15-/m1/s1. The maximum Gasteiger partial charge on any atom is 0.302 e. The average Bonchev–Trinajstić information content (AvgIpc) is 2.84. The van der Waals surface area contributed by atoms with E-state index in [9.17, 15) is 8.42 Å². The Morgan fingerprint density at radius 2 is 1.95 bits per heavy atom. The van der Waals surface area contributed by atoms with Crippen molar-refractivity contribution in [2.45, 2.75) is 6.04 Å². The molecule has 0 bridgehead atoms. The van der Waals surface area contributed by atoms with E-state index in [2.05, 4.69) is 4.72 Å². The Bertz CT molecular complexity index is 778. The maximum atomic E-state index is 12.3. The van der Waals surface area contributed by atoms with Gasteiger partial charge in [-0.05, 0) is 42.0 Å². The fourth-order valence-corrected chi connectivity index (χ4v) is 4.08. The van der Waals surface area contributed by atoms with Crippen molar-refractivity contribution in [1.82, 2.24) is 4.72 Å². The van der Waals surface area contributed by atoms with Crippen LogP contribution in [0.2, 0.25) is 5.02 Å². The molecule has 2 aromatic carbocycles. The molecule has 1 N–H and O–H groups in total. The van der Waals surface area contributed by atoms with Crippen LogP contribution in [0.4, 0.5) is 5.69 Å². The Kier molecular flexibility index (Phi) is 3.99. The molecule has 0 saturated carbocycles. The summed E-state index contributed by atoms with van der Waals surface area (Å²) >= 11 is 5.88. The number of methoxy groups -OCH3 is 1. The van der Waals surface area contributed by atoms with Gasteiger partial charge in [-0.15, -0.1) is 0 Å². The molecular weight excluding hydrogens is 324 g/mol. The van der Waals surface area contributed by atoms with E-state index >= 15 is 0 Å². The molecule has 0 radical (unpaired) electrons. The lowest BCUT2D eigenvalue weighted by molar-refractivity contribution is 0.414. The molecule has 0 unspecified atom stereocenters. The molecule has 1 aliphatic rings. The summed E-state index contributed by atoms with van der Waals surface area (Å²) in [5.41, 5.74) is 1.44. The Balaban J connectivity index is 2.04. The van der Waals surface area contributed by atoms with Crippen LogP contribution in [0.3, 0.4) is 0 Å².